The molecule has 0 heterocycles. The van der Waals surface area contributed by atoms with Crippen molar-refractivity contribution in [3.05, 3.63) is 72.4 Å². The Morgan fingerprint density at radius 3 is 2.35 bits per heavy atom. The fraction of sp³-hybridized carbons (Fsp3) is 0.0667. The first-order valence-corrected chi connectivity index (χ1v) is 5.30. The molecule has 0 saturated heterocycles. The molecule has 0 bridgehead atoms. The molecule has 2 heteroatoms. The van der Waals surface area contributed by atoms with Gasteiger partial charge in [-0.25, -0.2) is 0 Å². The predicted molar refractivity (Wildman–Crippen MR) is 68.9 cm³/mol. The van der Waals surface area contributed by atoms with Crippen LogP contribution in [0.3, 0.4) is 0 Å². The highest BCUT2D eigenvalue weighted by Gasteiger charge is 2.17. The molecule has 1 rings (SSSR count). The van der Waals surface area contributed by atoms with Crippen molar-refractivity contribution in [1.29, 1.82) is 0 Å². The Hall–Kier alpha value is -2.22. The fourth-order valence-corrected chi connectivity index (χ4v) is 1.29. The largest absolute Gasteiger partial charge is 0.285 e. The van der Waals surface area contributed by atoms with Crippen LogP contribution in [0, 0.1) is 0 Å². The molecule has 0 aliphatic carbocycles. The quantitative estimate of drug-likeness (QED) is 0.334. The zero-order valence-corrected chi connectivity index (χ0v) is 9.72. The molecule has 86 valence electrons. The second-order valence-electron chi connectivity index (χ2n) is 3.38. The van der Waals surface area contributed by atoms with E-state index in [1.165, 1.54) is 6.08 Å². The Bertz CT molecular complexity index is 479. The van der Waals surface area contributed by atoms with Crippen molar-refractivity contribution in [2.24, 2.45) is 0 Å². The maximum absolute atomic E-state index is 11.9. The molecule has 0 amide bonds. The minimum atomic E-state index is -0.538. The SMILES string of the molecule is C=C/C(=C\C=C/C)C(=O)C(=O)c1ccccc1. The predicted octanol–water partition coefficient (Wildman–Crippen LogP) is 3.13. The molecule has 0 aliphatic heterocycles. The van der Waals surface area contributed by atoms with Gasteiger partial charge in [-0.05, 0) is 6.92 Å². The lowest BCUT2D eigenvalue weighted by atomic mass is 10.0. The number of Topliss-reactive ketones (excluding diaryl/α,β-unsaturated/α-hetero) is 2. The standard InChI is InChI=1S/C15H14O2/c1-3-5-9-12(4-2)14(16)15(17)13-10-7-6-8-11-13/h3-11H,2H2,1H3/b5-3-,12-9+. The Labute approximate surface area is 101 Å². The molecule has 0 unspecified atom stereocenters. The summed E-state index contributed by atoms with van der Waals surface area (Å²) in [6.07, 6.45) is 6.45. The van der Waals surface area contributed by atoms with E-state index in [0.29, 0.717) is 11.1 Å². The van der Waals surface area contributed by atoms with Crippen LogP contribution >= 0.6 is 0 Å². The summed E-state index contributed by atoms with van der Waals surface area (Å²) in [7, 11) is 0. The zero-order chi connectivity index (χ0) is 12.7. The molecule has 0 spiro atoms. The monoisotopic (exact) mass is 226 g/mol. The van der Waals surface area contributed by atoms with E-state index >= 15 is 0 Å². The van der Waals surface area contributed by atoms with Crippen LogP contribution in [0.4, 0.5) is 0 Å². The molecule has 0 atom stereocenters. The summed E-state index contributed by atoms with van der Waals surface area (Å²) >= 11 is 0. The van der Waals surface area contributed by atoms with Gasteiger partial charge in [0.25, 0.3) is 0 Å². The van der Waals surface area contributed by atoms with Gasteiger partial charge in [0.15, 0.2) is 0 Å². The van der Waals surface area contributed by atoms with Crippen LogP contribution in [-0.4, -0.2) is 11.6 Å². The molecular weight excluding hydrogens is 212 g/mol. The normalized spacial score (nSPS) is 11.5. The molecule has 1 aromatic rings. The van der Waals surface area contributed by atoms with Crippen molar-refractivity contribution in [2.75, 3.05) is 0 Å². The molecule has 0 aromatic heterocycles. The van der Waals surface area contributed by atoms with Gasteiger partial charge in [-0.3, -0.25) is 9.59 Å². The number of rotatable bonds is 5. The lowest BCUT2D eigenvalue weighted by Crippen LogP contribution is -2.15. The Morgan fingerprint density at radius 2 is 1.82 bits per heavy atom. The first-order valence-electron chi connectivity index (χ1n) is 5.30. The highest BCUT2D eigenvalue weighted by Crippen LogP contribution is 2.07. The number of benzene rings is 1. The highest BCUT2D eigenvalue weighted by molar-refractivity contribution is 6.49. The summed E-state index contributed by atoms with van der Waals surface area (Å²) in [5, 5.41) is 0. The van der Waals surface area contributed by atoms with Gasteiger partial charge in [-0.15, -0.1) is 0 Å². The number of allylic oxidation sites excluding steroid dienone is 5. The van der Waals surface area contributed by atoms with Crippen molar-refractivity contribution in [3.8, 4) is 0 Å². The van der Waals surface area contributed by atoms with Crippen LogP contribution < -0.4 is 0 Å². The Balaban J connectivity index is 2.97. The van der Waals surface area contributed by atoms with Crippen LogP contribution in [0.15, 0.2) is 66.8 Å². The first-order chi connectivity index (χ1) is 8.20. The molecule has 0 aliphatic rings. The molecular formula is C15H14O2. The van der Waals surface area contributed by atoms with Crippen molar-refractivity contribution in [2.45, 2.75) is 6.92 Å². The average Bonchev–Trinajstić information content (AvgIpc) is 2.39. The van der Waals surface area contributed by atoms with E-state index < -0.39 is 11.6 Å². The lowest BCUT2D eigenvalue weighted by Gasteiger charge is -2.00. The molecule has 0 N–H and O–H groups in total. The summed E-state index contributed by atoms with van der Waals surface area (Å²) in [6.45, 7) is 5.37. The van der Waals surface area contributed by atoms with Crippen LogP contribution in [0.2, 0.25) is 0 Å². The van der Waals surface area contributed by atoms with E-state index in [0.717, 1.165) is 0 Å². The smallest absolute Gasteiger partial charge is 0.233 e. The third-order valence-electron chi connectivity index (χ3n) is 2.19. The summed E-state index contributed by atoms with van der Waals surface area (Å²) in [5.41, 5.74) is 0.697. The molecule has 0 radical (unpaired) electrons. The summed E-state index contributed by atoms with van der Waals surface area (Å²) in [4.78, 5) is 23.7. The Morgan fingerprint density at radius 1 is 1.18 bits per heavy atom. The maximum Gasteiger partial charge on any atom is 0.233 e. The number of ketones is 2. The van der Waals surface area contributed by atoms with E-state index in [1.54, 1.807) is 48.6 Å². The van der Waals surface area contributed by atoms with Crippen LogP contribution in [-0.2, 0) is 4.79 Å². The van der Waals surface area contributed by atoms with Crippen molar-refractivity contribution in [1.82, 2.24) is 0 Å². The minimum absolute atomic E-state index is 0.303. The minimum Gasteiger partial charge on any atom is -0.285 e. The van der Waals surface area contributed by atoms with Gasteiger partial charge < -0.3 is 0 Å². The summed E-state index contributed by atoms with van der Waals surface area (Å²) in [5.74, 6) is -1.05. The lowest BCUT2D eigenvalue weighted by molar-refractivity contribution is -0.111. The third-order valence-corrected chi connectivity index (χ3v) is 2.19. The average molecular weight is 226 g/mol. The third kappa shape index (κ3) is 3.38. The topological polar surface area (TPSA) is 34.1 Å². The molecule has 0 fully saturated rings. The van der Waals surface area contributed by atoms with Gasteiger partial charge in [-0.2, -0.15) is 0 Å². The molecule has 0 saturated carbocycles. The van der Waals surface area contributed by atoms with Crippen molar-refractivity contribution >= 4 is 11.6 Å². The van der Waals surface area contributed by atoms with Crippen LogP contribution in [0.5, 0.6) is 0 Å². The molecule has 1 aromatic carbocycles. The van der Waals surface area contributed by atoms with E-state index in [9.17, 15) is 9.59 Å². The summed E-state index contributed by atoms with van der Waals surface area (Å²) < 4.78 is 0. The molecule has 2 nitrogen and oxygen atoms in total. The molecule has 17 heavy (non-hydrogen) atoms. The number of hydrogen-bond acceptors (Lipinski definition) is 2. The van der Waals surface area contributed by atoms with Gasteiger partial charge in [0.2, 0.25) is 11.6 Å². The van der Waals surface area contributed by atoms with Crippen LogP contribution in [0.25, 0.3) is 0 Å². The van der Waals surface area contributed by atoms with E-state index in [-0.39, 0.29) is 0 Å². The number of carbonyl (C=O) groups excluding carboxylic acids is 2. The zero-order valence-electron chi connectivity index (χ0n) is 9.72. The number of carbonyl (C=O) groups is 2. The Kier molecular flexibility index (Phi) is 4.82. The first kappa shape index (κ1) is 12.8. The summed E-state index contributed by atoms with van der Waals surface area (Å²) in [6, 6.07) is 8.49. The second-order valence-corrected chi connectivity index (χ2v) is 3.38. The van der Waals surface area contributed by atoms with Gasteiger partial charge >= 0.3 is 0 Å². The van der Waals surface area contributed by atoms with Crippen LogP contribution in [0.1, 0.15) is 17.3 Å². The maximum atomic E-state index is 11.9. The van der Waals surface area contributed by atoms with E-state index in [1.807, 2.05) is 6.92 Å². The van der Waals surface area contributed by atoms with Crippen molar-refractivity contribution < 1.29 is 9.59 Å². The highest BCUT2D eigenvalue weighted by atomic mass is 16.2. The van der Waals surface area contributed by atoms with Gasteiger partial charge in [-0.1, -0.05) is 61.2 Å². The van der Waals surface area contributed by atoms with Gasteiger partial charge in [0, 0.05) is 11.1 Å². The van der Waals surface area contributed by atoms with E-state index in [2.05, 4.69) is 6.58 Å². The second kappa shape index (κ2) is 6.38. The fourth-order valence-electron chi connectivity index (χ4n) is 1.29. The van der Waals surface area contributed by atoms with Gasteiger partial charge in [0.05, 0.1) is 0 Å². The van der Waals surface area contributed by atoms with E-state index in [4.69, 9.17) is 0 Å². The van der Waals surface area contributed by atoms with Gasteiger partial charge in [0.1, 0.15) is 0 Å². The van der Waals surface area contributed by atoms with Crippen molar-refractivity contribution in [3.63, 3.8) is 0 Å². The number of hydrogen-bond donors (Lipinski definition) is 0.